The van der Waals surface area contributed by atoms with Crippen LogP contribution in [-0.4, -0.2) is 59.9 Å². The summed E-state index contributed by atoms with van der Waals surface area (Å²) in [6, 6.07) is 5.88. The number of carbonyl (C=O) groups is 2. The van der Waals surface area contributed by atoms with Crippen LogP contribution < -0.4 is 0 Å². The number of amides is 1. The first-order valence-corrected chi connectivity index (χ1v) is 8.39. The van der Waals surface area contributed by atoms with Crippen molar-refractivity contribution in [3.05, 3.63) is 34.4 Å². The number of ether oxygens (including phenoxy) is 2. The molecule has 0 aliphatic carbocycles. The lowest BCUT2D eigenvalue weighted by molar-refractivity contribution is -0.384. The number of non-ortho nitro benzene ring substituents is 1. The highest BCUT2D eigenvalue weighted by atomic mass is 32.2. The Morgan fingerprint density at radius 1 is 1.33 bits per heavy atom. The minimum Gasteiger partial charge on any atom is -0.452 e. The molecule has 2 rings (SSSR count). The van der Waals surface area contributed by atoms with Crippen molar-refractivity contribution in [1.82, 2.24) is 4.90 Å². The number of rotatable bonds is 6. The van der Waals surface area contributed by atoms with Gasteiger partial charge in [0.05, 0.1) is 23.9 Å². The Balaban J connectivity index is 1.77. The first-order valence-electron chi connectivity index (χ1n) is 7.40. The van der Waals surface area contributed by atoms with E-state index in [1.807, 2.05) is 0 Å². The monoisotopic (exact) mass is 354 g/mol. The van der Waals surface area contributed by atoms with Crippen LogP contribution >= 0.6 is 11.8 Å². The molecule has 0 N–H and O–H groups in total. The van der Waals surface area contributed by atoms with Crippen LogP contribution in [-0.2, 0) is 19.1 Å². The Labute approximate surface area is 143 Å². The quantitative estimate of drug-likeness (QED) is 0.330. The smallest absolute Gasteiger partial charge is 0.317 e. The van der Waals surface area contributed by atoms with E-state index in [4.69, 9.17) is 9.47 Å². The van der Waals surface area contributed by atoms with Crippen LogP contribution in [0.25, 0.3) is 0 Å². The van der Waals surface area contributed by atoms with Gasteiger partial charge in [0, 0.05) is 30.1 Å². The van der Waals surface area contributed by atoms with Crippen LogP contribution in [0.4, 0.5) is 5.69 Å². The number of hydrogen-bond acceptors (Lipinski definition) is 7. The van der Waals surface area contributed by atoms with Crippen LogP contribution in [0.15, 0.2) is 29.2 Å². The van der Waals surface area contributed by atoms with Gasteiger partial charge in [-0.15, -0.1) is 11.8 Å². The van der Waals surface area contributed by atoms with Crippen molar-refractivity contribution in [2.45, 2.75) is 17.9 Å². The van der Waals surface area contributed by atoms with Gasteiger partial charge >= 0.3 is 5.97 Å². The molecule has 1 aromatic carbocycles. The Morgan fingerprint density at radius 2 is 1.96 bits per heavy atom. The van der Waals surface area contributed by atoms with Crippen molar-refractivity contribution in [2.75, 3.05) is 32.1 Å². The molecule has 0 saturated carbocycles. The van der Waals surface area contributed by atoms with Crippen molar-refractivity contribution in [1.29, 1.82) is 0 Å². The van der Waals surface area contributed by atoms with Crippen LogP contribution in [0.2, 0.25) is 0 Å². The van der Waals surface area contributed by atoms with E-state index in [0.29, 0.717) is 31.2 Å². The van der Waals surface area contributed by atoms with Gasteiger partial charge in [0.2, 0.25) is 0 Å². The maximum atomic E-state index is 12.1. The van der Waals surface area contributed by atoms with Gasteiger partial charge in [-0.05, 0) is 19.1 Å². The van der Waals surface area contributed by atoms with E-state index in [2.05, 4.69) is 0 Å². The Hall–Kier alpha value is -2.13. The number of thioether (sulfide) groups is 1. The Kier molecular flexibility index (Phi) is 6.56. The van der Waals surface area contributed by atoms with Gasteiger partial charge in [-0.25, -0.2) is 0 Å². The Morgan fingerprint density at radius 3 is 2.54 bits per heavy atom. The van der Waals surface area contributed by atoms with Crippen LogP contribution in [0, 0.1) is 10.1 Å². The van der Waals surface area contributed by atoms with E-state index in [-0.39, 0.29) is 17.3 Å². The minimum absolute atomic E-state index is 0.00773. The number of morpholine rings is 1. The van der Waals surface area contributed by atoms with Gasteiger partial charge in [0.1, 0.15) is 0 Å². The molecule has 0 unspecified atom stereocenters. The number of hydrogen-bond donors (Lipinski definition) is 0. The molecule has 1 aliphatic heterocycles. The molecule has 1 heterocycles. The summed E-state index contributed by atoms with van der Waals surface area (Å²) in [7, 11) is 0. The fourth-order valence-corrected chi connectivity index (χ4v) is 2.81. The van der Waals surface area contributed by atoms with Crippen LogP contribution in [0.3, 0.4) is 0 Å². The third-order valence-electron chi connectivity index (χ3n) is 3.38. The van der Waals surface area contributed by atoms with Crippen molar-refractivity contribution in [3.63, 3.8) is 0 Å². The van der Waals surface area contributed by atoms with Gasteiger partial charge in [0.25, 0.3) is 11.6 Å². The number of benzene rings is 1. The summed E-state index contributed by atoms with van der Waals surface area (Å²) in [5.74, 6) is -0.710. The minimum atomic E-state index is -0.840. The standard InChI is InChI=1S/C15H18N2O6S/c1-11(15(19)16-6-8-22-9-7-16)23-14(18)10-24-13-4-2-12(3-5-13)17(20)21/h2-5,11H,6-10H2,1H3/t11-/m1/s1. The van der Waals surface area contributed by atoms with Crippen molar-refractivity contribution in [2.24, 2.45) is 0 Å². The number of nitrogens with zero attached hydrogens (tertiary/aromatic N) is 2. The lowest BCUT2D eigenvalue weighted by atomic mass is 10.3. The second-order valence-electron chi connectivity index (χ2n) is 5.11. The molecule has 24 heavy (non-hydrogen) atoms. The highest BCUT2D eigenvalue weighted by Gasteiger charge is 2.25. The highest BCUT2D eigenvalue weighted by Crippen LogP contribution is 2.21. The molecule has 8 nitrogen and oxygen atoms in total. The summed E-state index contributed by atoms with van der Waals surface area (Å²) in [6.45, 7) is 3.52. The summed E-state index contributed by atoms with van der Waals surface area (Å²) in [6.07, 6.45) is -0.840. The average Bonchev–Trinajstić information content (AvgIpc) is 2.60. The molecule has 0 aromatic heterocycles. The van der Waals surface area contributed by atoms with Crippen molar-refractivity contribution in [3.8, 4) is 0 Å². The highest BCUT2D eigenvalue weighted by molar-refractivity contribution is 8.00. The van der Waals surface area contributed by atoms with Gasteiger partial charge in [0.15, 0.2) is 6.10 Å². The van der Waals surface area contributed by atoms with Crippen LogP contribution in [0.1, 0.15) is 6.92 Å². The lowest BCUT2D eigenvalue weighted by Gasteiger charge is -2.28. The summed E-state index contributed by atoms with van der Waals surface area (Å²) in [4.78, 5) is 36.4. The summed E-state index contributed by atoms with van der Waals surface area (Å²) in [5.41, 5.74) is -0.00773. The normalized spacial score (nSPS) is 15.6. The Bertz CT molecular complexity index is 600. The molecular weight excluding hydrogens is 336 g/mol. The van der Waals surface area contributed by atoms with Crippen molar-refractivity contribution >= 4 is 29.3 Å². The molecule has 0 bridgehead atoms. The SMILES string of the molecule is C[C@@H](OC(=O)CSc1ccc([N+](=O)[O-])cc1)C(=O)N1CCOCC1. The first-order chi connectivity index (χ1) is 11.5. The van der Waals surface area contributed by atoms with Gasteiger partial charge in [-0.2, -0.15) is 0 Å². The third kappa shape index (κ3) is 5.20. The first kappa shape index (κ1) is 18.2. The van der Waals surface area contributed by atoms with Gasteiger partial charge in [-0.1, -0.05) is 0 Å². The third-order valence-corrected chi connectivity index (χ3v) is 4.37. The maximum absolute atomic E-state index is 12.1. The molecule has 1 saturated heterocycles. The topological polar surface area (TPSA) is 99.0 Å². The number of esters is 1. The molecule has 1 fully saturated rings. The second kappa shape index (κ2) is 8.65. The maximum Gasteiger partial charge on any atom is 0.317 e. The van der Waals surface area contributed by atoms with E-state index in [0.717, 1.165) is 0 Å². The number of nitro groups is 1. The van der Waals surface area contributed by atoms with E-state index >= 15 is 0 Å². The predicted octanol–water partition coefficient (Wildman–Crippen LogP) is 1.48. The summed E-state index contributed by atoms with van der Waals surface area (Å²) in [5, 5.41) is 10.6. The fraction of sp³-hybridized carbons (Fsp3) is 0.467. The molecule has 0 radical (unpaired) electrons. The average molecular weight is 354 g/mol. The molecule has 130 valence electrons. The summed E-state index contributed by atoms with van der Waals surface area (Å²) < 4.78 is 10.3. The molecule has 1 amide bonds. The van der Waals surface area contributed by atoms with E-state index in [1.165, 1.54) is 23.9 Å². The largest absolute Gasteiger partial charge is 0.452 e. The molecule has 0 spiro atoms. The van der Waals surface area contributed by atoms with Crippen LogP contribution in [0.5, 0.6) is 0 Å². The zero-order chi connectivity index (χ0) is 17.5. The molecule has 1 atom stereocenters. The molecule has 1 aromatic rings. The molecule has 9 heteroatoms. The predicted molar refractivity (Wildman–Crippen MR) is 86.8 cm³/mol. The van der Waals surface area contributed by atoms with Gasteiger partial charge in [-0.3, -0.25) is 19.7 Å². The number of nitro benzene ring substituents is 1. The zero-order valence-electron chi connectivity index (χ0n) is 13.2. The summed E-state index contributed by atoms with van der Waals surface area (Å²) >= 11 is 1.20. The molecule has 1 aliphatic rings. The number of carbonyl (C=O) groups excluding carboxylic acids is 2. The van der Waals surface area contributed by atoms with E-state index in [9.17, 15) is 19.7 Å². The lowest BCUT2D eigenvalue weighted by Crippen LogP contribution is -2.46. The molecular formula is C15H18N2O6S. The fourth-order valence-electron chi connectivity index (χ4n) is 2.13. The zero-order valence-corrected chi connectivity index (χ0v) is 14.0. The van der Waals surface area contributed by atoms with E-state index < -0.39 is 17.0 Å². The van der Waals surface area contributed by atoms with Crippen molar-refractivity contribution < 1.29 is 24.0 Å². The van der Waals surface area contributed by atoms with Gasteiger partial charge < -0.3 is 14.4 Å². The second-order valence-corrected chi connectivity index (χ2v) is 6.16. The van der Waals surface area contributed by atoms with E-state index in [1.54, 1.807) is 24.0 Å².